The molecule has 2 fully saturated rings. The molecule has 1 aromatic rings. The molecule has 7 heteroatoms. The van der Waals surface area contributed by atoms with E-state index in [1.165, 1.54) is 6.92 Å². The van der Waals surface area contributed by atoms with E-state index in [0.29, 0.717) is 25.3 Å². The number of para-hydroxylation sites is 1. The molecule has 1 saturated heterocycles. The van der Waals surface area contributed by atoms with Crippen LogP contribution in [0.15, 0.2) is 24.3 Å². The normalized spacial score (nSPS) is 18.3. The molecule has 3 amide bonds. The van der Waals surface area contributed by atoms with Crippen molar-refractivity contribution in [2.24, 2.45) is 5.92 Å². The second-order valence-electron chi connectivity index (χ2n) is 7.65. The molecule has 1 aliphatic heterocycles. The zero-order valence-corrected chi connectivity index (χ0v) is 16.6. The molecule has 0 spiro atoms. The fourth-order valence-electron chi connectivity index (χ4n) is 3.68. The van der Waals surface area contributed by atoms with E-state index in [9.17, 15) is 14.4 Å². The van der Waals surface area contributed by atoms with Gasteiger partial charge < -0.3 is 20.3 Å². The fraction of sp³-hybridized carbons (Fsp3) is 0.571. The molecule has 1 atom stereocenters. The van der Waals surface area contributed by atoms with E-state index in [2.05, 4.69) is 10.6 Å². The summed E-state index contributed by atoms with van der Waals surface area (Å²) in [6.07, 6.45) is 3.86. The molecule has 1 heterocycles. The van der Waals surface area contributed by atoms with Crippen molar-refractivity contribution in [3.8, 4) is 5.75 Å². The van der Waals surface area contributed by atoms with Crippen molar-refractivity contribution in [3.63, 3.8) is 0 Å². The lowest BCUT2D eigenvalue weighted by atomic mass is 10.0. The van der Waals surface area contributed by atoms with Crippen LogP contribution in [0, 0.1) is 5.92 Å². The molecule has 7 nitrogen and oxygen atoms in total. The molecule has 0 radical (unpaired) electrons. The lowest BCUT2D eigenvalue weighted by Gasteiger charge is -2.33. The lowest BCUT2D eigenvalue weighted by molar-refractivity contribution is -0.134. The van der Waals surface area contributed by atoms with Crippen molar-refractivity contribution < 1.29 is 19.1 Å². The highest BCUT2D eigenvalue weighted by atomic mass is 16.5. The predicted molar refractivity (Wildman–Crippen MR) is 105 cm³/mol. The van der Waals surface area contributed by atoms with Gasteiger partial charge in [-0.1, -0.05) is 18.2 Å². The first-order valence-corrected chi connectivity index (χ1v) is 9.96. The second-order valence-corrected chi connectivity index (χ2v) is 7.65. The Labute approximate surface area is 165 Å². The van der Waals surface area contributed by atoms with Crippen LogP contribution in [0.4, 0.5) is 0 Å². The SMILES string of the molecule is COc1ccccc1CC(NC(C)=O)C(=O)NC1CCN(C(=O)C2CC2)CC1. The van der Waals surface area contributed by atoms with Crippen LogP contribution in [0.3, 0.4) is 0 Å². The summed E-state index contributed by atoms with van der Waals surface area (Å²) in [6, 6.07) is 6.83. The highest BCUT2D eigenvalue weighted by Crippen LogP contribution is 2.31. The average molecular weight is 387 g/mol. The van der Waals surface area contributed by atoms with Gasteiger partial charge in [-0.3, -0.25) is 14.4 Å². The maximum atomic E-state index is 12.8. The molecular formula is C21H29N3O4. The number of likely N-dealkylation sites (tertiary alicyclic amines) is 1. The van der Waals surface area contributed by atoms with E-state index in [1.54, 1.807) is 7.11 Å². The number of hydrogen-bond donors (Lipinski definition) is 2. The number of carbonyl (C=O) groups is 3. The van der Waals surface area contributed by atoms with Crippen molar-refractivity contribution >= 4 is 17.7 Å². The number of nitrogens with one attached hydrogen (secondary N) is 2. The fourth-order valence-corrected chi connectivity index (χ4v) is 3.68. The van der Waals surface area contributed by atoms with Crippen LogP contribution in [-0.4, -0.2) is 54.9 Å². The first-order valence-electron chi connectivity index (χ1n) is 9.96. The minimum Gasteiger partial charge on any atom is -0.496 e. The number of carbonyl (C=O) groups excluding carboxylic acids is 3. The summed E-state index contributed by atoms with van der Waals surface area (Å²) < 4.78 is 5.36. The molecule has 1 aliphatic carbocycles. The second kappa shape index (κ2) is 9.08. The minimum absolute atomic E-state index is 0.0182. The van der Waals surface area contributed by atoms with Crippen molar-refractivity contribution in [2.75, 3.05) is 20.2 Å². The van der Waals surface area contributed by atoms with Crippen LogP contribution in [-0.2, 0) is 20.8 Å². The molecule has 1 unspecified atom stereocenters. The number of benzene rings is 1. The molecule has 0 aromatic heterocycles. The Morgan fingerprint density at radius 2 is 1.82 bits per heavy atom. The third-order valence-corrected chi connectivity index (χ3v) is 5.39. The number of nitrogens with zero attached hydrogens (tertiary/aromatic N) is 1. The van der Waals surface area contributed by atoms with E-state index >= 15 is 0 Å². The summed E-state index contributed by atoms with van der Waals surface area (Å²) in [5, 5.41) is 5.80. The zero-order valence-electron chi connectivity index (χ0n) is 16.6. The Bertz CT molecular complexity index is 724. The van der Waals surface area contributed by atoms with Gasteiger partial charge in [0.05, 0.1) is 7.11 Å². The third kappa shape index (κ3) is 5.24. The summed E-state index contributed by atoms with van der Waals surface area (Å²) in [7, 11) is 1.59. The highest BCUT2D eigenvalue weighted by Gasteiger charge is 2.35. The van der Waals surface area contributed by atoms with Crippen molar-refractivity contribution in [2.45, 2.75) is 51.1 Å². The van der Waals surface area contributed by atoms with Crippen LogP contribution in [0.25, 0.3) is 0 Å². The van der Waals surface area contributed by atoms with Gasteiger partial charge in [0.25, 0.3) is 0 Å². The predicted octanol–water partition coefficient (Wildman–Crippen LogP) is 1.26. The Kier molecular flexibility index (Phi) is 6.54. The van der Waals surface area contributed by atoms with E-state index in [-0.39, 0.29) is 29.7 Å². The Hall–Kier alpha value is -2.57. The van der Waals surface area contributed by atoms with E-state index in [4.69, 9.17) is 4.74 Å². The molecule has 28 heavy (non-hydrogen) atoms. The first-order chi connectivity index (χ1) is 13.5. The standard InChI is InChI=1S/C21H29N3O4/c1-14(25)22-18(13-16-5-3-4-6-19(16)28-2)20(26)23-17-9-11-24(12-10-17)21(27)15-7-8-15/h3-6,15,17-18H,7-13H2,1-2H3,(H,22,25)(H,23,26). The van der Waals surface area contributed by atoms with E-state index < -0.39 is 6.04 Å². The number of piperidine rings is 1. The summed E-state index contributed by atoms with van der Waals surface area (Å²) in [6.45, 7) is 2.76. The summed E-state index contributed by atoms with van der Waals surface area (Å²) >= 11 is 0. The zero-order chi connectivity index (χ0) is 20.1. The van der Waals surface area contributed by atoms with Crippen LogP contribution in [0.2, 0.25) is 0 Å². The lowest BCUT2D eigenvalue weighted by Crippen LogP contribution is -2.53. The van der Waals surface area contributed by atoms with Crippen molar-refractivity contribution in [3.05, 3.63) is 29.8 Å². The summed E-state index contributed by atoms with van der Waals surface area (Å²) in [5.74, 6) is 0.735. The molecule has 3 rings (SSSR count). The Balaban J connectivity index is 1.57. The molecule has 152 valence electrons. The molecule has 1 aromatic carbocycles. The topological polar surface area (TPSA) is 87.7 Å². The quantitative estimate of drug-likeness (QED) is 0.737. The highest BCUT2D eigenvalue weighted by molar-refractivity contribution is 5.87. The third-order valence-electron chi connectivity index (χ3n) is 5.39. The van der Waals surface area contributed by atoms with E-state index in [0.717, 1.165) is 31.2 Å². The number of rotatable bonds is 7. The maximum Gasteiger partial charge on any atom is 0.243 e. The smallest absolute Gasteiger partial charge is 0.243 e. The summed E-state index contributed by atoms with van der Waals surface area (Å²) in [4.78, 5) is 38.5. The largest absolute Gasteiger partial charge is 0.496 e. The van der Waals surface area contributed by atoms with Crippen molar-refractivity contribution in [1.82, 2.24) is 15.5 Å². The van der Waals surface area contributed by atoms with Gasteiger partial charge >= 0.3 is 0 Å². The van der Waals surface area contributed by atoms with Crippen molar-refractivity contribution in [1.29, 1.82) is 0 Å². The van der Waals surface area contributed by atoms with Crippen LogP contribution in [0.5, 0.6) is 5.75 Å². The van der Waals surface area contributed by atoms with Crippen LogP contribution in [0.1, 0.15) is 38.2 Å². The van der Waals surface area contributed by atoms with Crippen LogP contribution >= 0.6 is 0 Å². The average Bonchev–Trinajstić information content (AvgIpc) is 3.53. The Morgan fingerprint density at radius 1 is 1.14 bits per heavy atom. The van der Waals surface area contributed by atoms with Gasteiger partial charge in [0.1, 0.15) is 11.8 Å². The number of amides is 3. The molecule has 1 saturated carbocycles. The number of ether oxygens (including phenoxy) is 1. The van der Waals surface area contributed by atoms with Crippen LogP contribution < -0.4 is 15.4 Å². The van der Waals surface area contributed by atoms with Gasteiger partial charge in [-0.25, -0.2) is 0 Å². The first kappa shape index (κ1) is 20.2. The van der Waals surface area contributed by atoms with Gasteiger partial charge in [0.15, 0.2) is 0 Å². The molecular weight excluding hydrogens is 358 g/mol. The van der Waals surface area contributed by atoms with Gasteiger partial charge in [0.2, 0.25) is 17.7 Å². The van der Waals surface area contributed by atoms with Gasteiger partial charge in [-0.15, -0.1) is 0 Å². The molecule has 0 bridgehead atoms. The Morgan fingerprint density at radius 3 is 2.43 bits per heavy atom. The maximum absolute atomic E-state index is 12.8. The van der Waals surface area contributed by atoms with Gasteiger partial charge in [-0.05, 0) is 37.3 Å². The van der Waals surface area contributed by atoms with Gasteiger partial charge in [-0.2, -0.15) is 0 Å². The monoisotopic (exact) mass is 387 g/mol. The number of hydrogen-bond acceptors (Lipinski definition) is 4. The summed E-state index contributed by atoms with van der Waals surface area (Å²) in [5.41, 5.74) is 0.865. The molecule has 2 aliphatic rings. The van der Waals surface area contributed by atoms with E-state index in [1.807, 2.05) is 29.2 Å². The molecule has 2 N–H and O–H groups in total. The minimum atomic E-state index is -0.667. The number of methoxy groups -OCH3 is 1. The van der Waals surface area contributed by atoms with Gasteiger partial charge in [0, 0.05) is 38.4 Å².